The summed E-state index contributed by atoms with van der Waals surface area (Å²) in [6.07, 6.45) is -2.16. The van der Waals surface area contributed by atoms with E-state index >= 15 is 0 Å². The third-order valence-electron chi connectivity index (χ3n) is 4.13. The van der Waals surface area contributed by atoms with Crippen LogP contribution in [0.3, 0.4) is 0 Å². The van der Waals surface area contributed by atoms with Gasteiger partial charge >= 0.3 is 6.36 Å². The van der Waals surface area contributed by atoms with Gasteiger partial charge in [0.05, 0.1) is 16.1 Å². The van der Waals surface area contributed by atoms with Crippen LogP contribution in [-0.2, 0) is 0 Å². The van der Waals surface area contributed by atoms with Crippen LogP contribution < -0.4 is 15.0 Å². The highest BCUT2D eigenvalue weighted by molar-refractivity contribution is 9.10. The van der Waals surface area contributed by atoms with Crippen molar-refractivity contribution < 1.29 is 27.8 Å². The molecule has 3 rings (SSSR count). The monoisotopic (exact) mass is 459 g/mol. The van der Waals surface area contributed by atoms with E-state index in [4.69, 9.17) is 0 Å². The Balaban J connectivity index is 1.66. The predicted molar refractivity (Wildman–Crippen MR) is 100 cm³/mol. The van der Waals surface area contributed by atoms with Crippen LogP contribution in [0, 0.1) is 0 Å². The Bertz CT molecular complexity index is 846. The van der Waals surface area contributed by atoms with Gasteiger partial charge in [-0.3, -0.25) is 4.79 Å². The Morgan fingerprint density at radius 3 is 2.64 bits per heavy atom. The van der Waals surface area contributed by atoms with Crippen LogP contribution in [0.4, 0.5) is 24.7 Å². The van der Waals surface area contributed by atoms with Gasteiger partial charge in [-0.05, 0) is 59.1 Å². The number of carbonyl (C=O) groups excluding carboxylic acids is 1. The van der Waals surface area contributed by atoms with Gasteiger partial charge in [-0.2, -0.15) is 0 Å². The lowest BCUT2D eigenvalue weighted by atomic mass is 10.1. The number of halogens is 4. The standard InChI is InChI=1S/C18H17BrF3N3O3/c19-15-8-11(9-23-16(15)25-7-1-2-13(26)10-25)17(27)24-12-3-5-14(6-4-12)28-18(20,21)22/h3-6,8-9,13,26H,1-2,7,10H2,(H,24,27)/t13-/m0/s1. The average Bonchev–Trinajstić information content (AvgIpc) is 2.62. The van der Waals surface area contributed by atoms with E-state index < -0.39 is 18.4 Å². The van der Waals surface area contributed by atoms with E-state index in [0.29, 0.717) is 22.5 Å². The fraction of sp³-hybridized carbons (Fsp3) is 0.333. The third-order valence-corrected chi connectivity index (χ3v) is 4.71. The molecule has 28 heavy (non-hydrogen) atoms. The van der Waals surface area contributed by atoms with Crippen LogP contribution in [0.15, 0.2) is 41.0 Å². The number of hydrogen-bond donors (Lipinski definition) is 2. The first kappa shape index (κ1) is 20.4. The number of hydrogen-bond acceptors (Lipinski definition) is 5. The van der Waals surface area contributed by atoms with Crippen molar-refractivity contribution in [2.24, 2.45) is 0 Å². The number of β-amino-alcohol motifs (C(OH)–C–C–N with tert-alkyl or cyclic N) is 1. The Labute approximate surface area is 167 Å². The molecule has 0 spiro atoms. The molecule has 1 aromatic carbocycles. The number of piperidine rings is 1. The number of aliphatic hydroxyl groups excluding tert-OH is 1. The molecule has 1 atom stereocenters. The highest BCUT2D eigenvalue weighted by atomic mass is 79.9. The number of nitrogens with one attached hydrogen (secondary N) is 1. The summed E-state index contributed by atoms with van der Waals surface area (Å²) in [7, 11) is 0. The number of ether oxygens (including phenoxy) is 1. The van der Waals surface area contributed by atoms with Crippen molar-refractivity contribution in [3.63, 3.8) is 0 Å². The number of anilines is 2. The van der Waals surface area contributed by atoms with Crippen molar-refractivity contribution in [1.29, 1.82) is 0 Å². The van der Waals surface area contributed by atoms with E-state index in [1.807, 2.05) is 4.90 Å². The zero-order valence-electron chi connectivity index (χ0n) is 14.5. The van der Waals surface area contributed by atoms with E-state index in [1.54, 1.807) is 6.07 Å². The molecule has 1 aromatic heterocycles. The Morgan fingerprint density at radius 2 is 2.04 bits per heavy atom. The van der Waals surface area contributed by atoms with Gasteiger partial charge in [-0.15, -0.1) is 13.2 Å². The number of rotatable bonds is 4. The third kappa shape index (κ3) is 5.35. The van der Waals surface area contributed by atoms with Gasteiger partial charge in [0.1, 0.15) is 11.6 Å². The summed E-state index contributed by atoms with van der Waals surface area (Å²) in [5, 5.41) is 12.4. The number of amides is 1. The fourth-order valence-corrected chi connectivity index (χ4v) is 3.48. The lowest BCUT2D eigenvalue weighted by Gasteiger charge is -2.31. The Kier molecular flexibility index (Phi) is 6.09. The van der Waals surface area contributed by atoms with Crippen molar-refractivity contribution in [3.8, 4) is 5.75 Å². The lowest BCUT2D eigenvalue weighted by Crippen LogP contribution is -2.38. The molecule has 0 unspecified atom stereocenters. The van der Waals surface area contributed by atoms with Crippen molar-refractivity contribution in [3.05, 3.63) is 46.6 Å². The highest BCUT2D eigenvalue weighted by Crippen LogP contribution is 2.28. The second kappa shape index (κ2) is 8.36. The first-order chi connectivity index (χ1) is 13.2. The lowest BCUT2D eigenvalue weighted by molar-refractivity contribution is -0.274. The number of carbonyl (C=O) groups is 1. The molecule has 150 valence electrons. The minimum Gasteiger partial charge on any atom is -0.406 e. The number of aliphatic hydroxyl groups is 1. The highest BCUT2D eigenvalue weighted by Gasteiger charge is 2.31. The van der Waals surface area contributed by atoms with Gasteiger partial charge in [0.2, 0.25) is 0 Å². The number of pyridine rings is 1. The minimum atomic E-state index is -4.77. The van der Waals surface area contributed by atoms with Crippen molar-refractivity contribution in [2.75, 3.05) is 23.3 Å². The molecule has 0 saturated carbocycles. The molecule has 1 saturated heterocycles. The molecule has 0 bridgehead atoms. The van der Waals surface area contributed by atoms with Crippen LogP contribution in [-0.4, -0.2) is 41.6 Å². The van der Waals surface area contributed by atoms with Gasteiger partial charge in [0, 0.05) is 25.0 Å². The average molecular weight is 460 g/mol. The summed E-state index contributed by atoms with van der Waals surface area (Å²) in [4.78, 5) is 18.6. The summed E-state index contributed by atoms with van der Waals surface area (Å²) in [5.74, 6) is -0.185. The first-order valence-electron chi connectivity index (χ1n) is 8.47. The quantitative estimate of drug-likeness (QED) is 0.723. The van der Waals surface area contributed by atoms with E-state index in [1.165, 1.54) is 18.3 Å². The molecular formula is C18H17BrF3N3O3. The summed E-state index contributed by atoms with van der Waals surface area (Å²) in [5.41, 5.74) is 0.600. The summed E-state index contributed by atoms with van der Waals surface area (Å²) in [6.45, 7) is 1.24. The first-order valence-corrected chi connectivity index (χ1v) is 9.26. The van der Waals surface area contributed by atoms with Gasteiger partial charge in [0.15, 0.2) is 0 Å². The molecule has 2 N–H and O–H groups in total. The molecular weight excluding hydrogens is 443 g/mol. The van der Waals surface area contributed by atoms with Crippen LogP contribution in [0.1, 0.15) is 23.2 Å². The van der Waals surface area contributed by atoms with Crippen LogP contribution in [0.2, 0.25) is 0 Å². The summed E-state index contributed by atoms with van der Waals surface area (Å²) < 4.78 is 40.9. The fourth-order valence-electron chi connectivity index (χ4n) is 2.88. The molecule has 0 aliphatic carbocycles. The van der Waals surface area contributed by atoms with Gasteiger partial charge in [-0.25, -0.2) is 4.98 Å². The SMILES string of the molecule is O=C(Nc1ccc(OC(F)(F)F)cc1)c1cnc(N2CCC[C@H](O)C2)c(Br)c1. The van der Waals surface area contributed by atoms with Gasteiger partial charge in [0.25, 0.3) is 5.91 Å². The zero-order chi connectivity index (χ0) is 20.3. The minimum absolute atomic E-state index is 0.281. The molecule has 1 amide bonds. The molecule has 10 heteroatoms. The van der Waals surface area contributed by atoms with Crippen molar-refractivity contribution >= 4 is 33.3 Å². The van der Waals surface area contributed by atoms with Crippen LogP contribution in [0.5, 0.6) is 5.75 Å². The van der Waals surface area contributed by atoms with Crippen molar-refractivity contribution in [2.45, 2.75) is 25.3 Å². The molecule has 2 aromatic rings. The molecule has 0 radical (unpaired) electrons. The molecule has 1 aliphatic heterocycles. The van der Waals surface area contributed by atoms with E-state index in [9.17, 15) is 23.1 Å². The molecule has 1 fully saturated rings. The molecule has 1 aliphatic rings. The predicted octanol–water partition coefficient (Wildman–Crippen LogP) is 3.96. The summed E-state index contributed by atoms with van der Waals surface area (Å²) >= 11 is 3.40. The van der Waals surface area contributed by atoms with E-state index in [-0.39, 0.29) is 11.3 Å². The second-order valence-corrected chi connectivity index (χ2v) is 7.15. The maximum absolute atomic E-state index is 12.4. The molecule has 2 heterocycles. The molecule has 6 nitrogen and oxygen atoms in total. The largest absolute Gasteiger partial charge is 0.573 e. The smallest absolute Gasteiger partial charge is 0.406 e. The second-order valence-electron chi connectivity index (χ2n) is 6.30. The Morgan fingerprint density at radius 1 is 1.32 bits per heavy atom. The summed E-state index contributed by atoms with van der Waals surface area (Å²) in [6, 6.07) is 6.46. The van der Waals surface area contributed by atoms with Crippen LogP contribution in [0.25, 0.3) is 0 Å². The van der Waals surface area contributed by atoms with Gasteiger partial charge < -0.3 is 20.1 Å². The van der Waals surface area contributed by atoms with Gasteiger partial charge in [-0.1, -0.05) is 0 Å². The Hall–Kier alpha value is -2.33. The number of benzene rings is 1. The van der Waals surface area contributed by atoms with Crippen LogP contribution >= 0.6 is 15.9 Å². The number of aromatic nitrogens is 1. The number of nitrogens with zero attached hydrogens (tertiary/aromatic N) is 2. The normalized spacial score (nSPS) is 17.3. The maximum atomic E-state index is 12.4. The maximum Gasteiger partial charge on any atom is 0.573 e. The topological polar surface area (TPSA) is 74.7 Å². The van der Waals surface area contributed by atoms with E-state index in [0.717, 1.165) is 31.5 Å². The number of alkyl halides is 3. The zero-order valence-corrected chi connectivity index (χ0v) is 16.1. The van der Waals surface area contributed by atoms with Crippen molar-refractivity contribution in [1.82, 2.24) is 4.98 Å². The van der Waals surface area contributed by atoms with E-state index in [2.05, 4.69) is 31.0 Å².